The summed E-state index contributed by atoms with van der Waals surface area (Å²) in [7, 11) is 0. The van der Waals surface area contributed by atoms with Crippen LogP contribution >= 0.6 is 0 Å². The SMILES string of the molecule is CCC(O)c1ccc(OCc2cccc(C#N)c2F)cc1. The molecule has 4 heteroatoms. The Morgan fingerprint density at radius 1 is 1.24 bits per heavy atom. The third kappa shape index (κ3) is 3.59. The minimum absolute atomic E-state index is 0.0116. The zero-order valence-corrected chi connectivity index (χ0v) is 11.7. The smallest absolute Gasteiger partial charge is 0.147 e. The Morgan fingerprint density at radius 3 is 2.57 bits per heavy atom. The quantitative estimate of drug-likeness (QED) is 0.911. The Balaban J connectivity index is 2.05. The summed E-state index contributed by atoms with van der Waals surface area (Å²) in [5.74, 6) is 0.0434. The molecular weight excluding hydrogens is 269 g/mol. The van der Waals surface area contributed by atoms with Crippen molar-refractivity contribution in [2.24, 2.45) is 0 Å². The molecule has 2 aromatic rings. The van der Waals surface area contributed by atoms with Gasteiger partial charge < -0.3 is 9.84 Å². The number of hydrogen-bond acceptors (Lipinski definition) is 3. The maximum Gasteiger partial charge on any atom is 0.147 e. The lowest BCUT2D eigenvalue weighted by Gasteiger charge is -2.10. The second-order valence-corrected chi connectivity index (χ2v) is 4.67. The van der Waals surface area contributed by atoms with E-state index in [0.717, 1.165) is 5.56 Å². The van der Waals surface area contributed by atoms with Gasteiger partial charge in [0.05, 0.1) is 11.7 Å². The van der Waals surface area contributed by atoms with Crippen LogP contribution in [0.3, 0.4) is 0 Å². The molecule has 0 amide bonds. The molecule has 0 saturated heterocycles. The molecule has 1 unspecified atom stereocenters. The number of ether oxygens (including phenoxy) is 1. The molecule has 3 nitrogen and oxygen atoms in total. The van der Waals surface area contributed by atoms with Gasteiger partial charge in [-0.05, 0) is 30.2 Å². The summed E-state index contributed by atoms with van der Waals surface area (Å²) in [6.45, 7) is 1.96. The summed E-state index contributed by atoms with van der Waals surface area (Å²) in [6.07, 6.45) is 0.163. The summed E-state index contributed by atoms with van der Waals surface area (Å²) < 4.78 is 19.4. The van der Waals surface area contributed by atoms with Crippen molar-refractivity contribution in [3.05, 3.63) is 65.0 Å². The topological polar surface area (TPSA) is 53.2 Å². The zero-order valence-electron chi connectivity index (χ0n) is 11.7. The maximum atomic E-state index is 13.9. The lowest BCUT2D eigenvalue weighted by Crippen LogP contribution is -2.01. The highest BCUT2D eigenvalue weighted by Gasteiger charge is 2.08. The van der Waals surface area contributed by atoms with Crippen LogP contribution in [0.5, 0.6) is 5.75 Å². The van der Waals surface area contributed by atoms with Crippen molar-refractivity contribution < 1.29 is 14.2 Å². The highest BCUT2D eigenvalue weighted by Crippen LogP contribution is 2.21. The molecule has 0 aliphatic heterocycles. The van der Waals surface area contributed by atoms with E-state index in [1.54, 1.807) is 42.5 Å². The summed E-state index contributed by atoms with van der Waals surface area (Å²) in [6, 6.07) is 13.5. The molecular formula is C17H16FNO2. The van der Waals surface area contributed by atoms with E-state index in [9.17, 15) is 9.50 Å². The molecule has 0 spiro atoms. The van der Waals surface area contributed by atoms with Crippen molar-refractivity contribution in [3.63, 3.8) is 0 Å². The molecule has 21 heavy (non-hydrogen) atoms. The fourth-order valence-electron chi connectivity index (χ4n) is 1.96. The number of halogens is 1. The highest BCUT2D eigenvalue weighted by atomic mass is 19.1. The van der Waals surface area contributed by atoms with E-state index in [1.165, 1.54) is 6.07 Å². The monoisotopic (exact) mass is 285 g/mol. The van der Waals surface area contributed by atoms with E-state index >= 15 is 0 Å². The molecule has 0 bridgehead atoms. The van der Waals surface area contributed by atoms with Gasteiger partial charge in [0, 0.05) is 5.56 Å². The van der Waals surface area contributed by atoms with Crippen molar-refractivity contribution in [1.29, 1.82) is 5.26 Å². The predicted molar refractivity (Wildman–Crippen MR) is 77.1 cm³/mol. The second-order valence-electron chi connectivity index (χ2n) is 4.67. The zero-order chi connectivity index (χ0) is 15.2. The molecule has 1 N–H and O–H groups in total. The molecule has 0 saturated carbocycles. The van der Waals surface area contributed by atoms with Crippen molar-refractivity contribution in [2.75, 3.05) is 0 Å². The van der Waals surface area contributed by atoms with E-state index in [-0.39, 0.29) is 12.2 Å². The molecule has 108 valence electrons. The molecule has 0 fully saturated rings. The largest absolute Gasteiger partial charge is 0.489 e. The molecule has 2 rings (SSSR count). The van der Waals surface area contributed by atoms with Crippen molar-refractivity contribution in [3.8, 4) is 11.8 Å². The van der Waals surface area contributed by atoms with E-state index in [4.69, 9.17) is 10.00 Å². The van der Waals surface area contributed by atoms with Crippen LogP contribution in [0.25, 0.3) is 0 Å². The van der Waals surface area contributed by atoms with E-state index < -0.39 is 11.9 Å². The van der Waals surface area contributed by atoms with Gasteiger partial charge in [-0.1, -0.05) is 31.2 Å². The molecule has 0 aliphatic carbocycles. The highest BCUT2D eigenvalue weighted by molar-refractivity contribution is 5.35. The van der Waals surface area contributed by atoms with Gasteiger partial charge in [0.25, 0.3) is 0 Å². The number of benzene rings is 2. The van der Waals surface area contributed by atoms with Gasteiger partial charge in [-0.2, -0.15) is 5.26 Å². The van der Waals surface area contributed by atoms with Crippen molar-refractivity contribution >= 4 is 0 Å². The van der Waals surface area contributed by atoms with Crippen LogP contribution in [0.2, 0.25) is 0 Å². The number of hydrogen-bond donors (Lipinski definition) is 1. The van der Waals surface area contributed by atoms with E-state index in [2.05, 4.69) is 0 Å². The molecule has 0 radical (unpaired) electrons. The van der Waals surface area contributed by atoms with Gasteiger partial charge in [-0.3, -0.25) is 0 Å². The summed E-state index contributed by atoms with van der Waals surface area (Å²) >= 11 is 0. The fraction of sp³-hybridized carbons (Fsp3) is 0.235. The fourth-order valence-corrected chi connectivity index (χ4v) is 1.96. The summed E-state index contributed by atoms with van der Waals surface area (Å²) in [5.41, 5.74) is 1.17. The predicted octanol–water partition coefficient (Wildman–Crippen LogP) is 3.72. The third-order valence-corrected chi connectivity index (χ3v) is 3.25. The van der Waals surface area contributed by atoms with Crippen LogP contribution in [0, 0.1) is 17.1 Å². The summed E-state index contributed by atoms with van der Waals surface area (Å²) in [4.78, 5) is 0. The minimum Gasteiger partial charge on any atom is -0.489 e. The molecule has 1 atom stereocenters. The van der Waals surface area contributed by atoms with Crippen molar-refractivity contribution in [2.45, 2.75) is 26.1 Å². The van der Waals surface area contributed by atoms with Gasteiger partial charge in [0.1, 0.15) is 24.2 Å². The van der Waals surface area contributed by atoms with Crippen LogP contribution in [-0.2, 0) is 6.61 Å². The Bertz CT molecular complexity index is 647. The normalized spacial score (nSPS) is 11.7. The first-order valence-electron chi connectivity index (χ1n) is 6.74. The Morgan fingerprint density at radius 2 is 1.95 bits per heavy atom. The molecule has 2 aromatic carbocycles. The van der Waals surface area contributed by atoms with Gasteiger partial charge >= 0.3 is 0 Å². The van der Waals surface area contributed by atoms with Crippen LogP contribution < -0.4 is 4.74 Å². The number of rotatable bonds is 5. The van der Waals surface area contributed by atoms with Gasteiger partial charge in [-0.25, -0.2) is 4.39 Å². The lowest BCUT2D eigenvalue weighted by atomic mass is 10.1. The first-order chi connectivity index (χ1) is 10.2. The second kappa shape index (κ2) is 6.87. The van der Waals surface area contributed by atoms with Gasteiger partial charge in [-0.15, -0.1) is 0 Å². The maximum absolute atomic E-state index is 13.9. The number of nitriles is 1. The molecule has 0 aromatic heterocycles. The van der Waals surface area contributed by atoms with E-state index in [0.29, 0.717) is 17.7 Å². The summed E-state index contributed by atoms with van der Waals surface area (Å²) in [5, 5.41) is 18.5. The standard InChI is InChI=1S/C17H16FNO2/c1-2-16(20)12-6-8-15(9-7-12)21-11-14-5-3-4-13(10-19)17(14)18/h3-9,16,20H,2,11H2,1H3. The van der Waals surface area contributed by atoms with Crippen LogP contribution in [0.4, 0.5) is 4.39 Å². The van der Waals surface area contributed by atoms with Crippen LogP contribution in [0.15, 0.2) is 42.5 Å². The molecule has 0 heterocycles. The Kier molecular flexibility index (Phi) is 4.91. The first kappa shape index (κ1) is 15.0. The van der Waals surface area contributed by atoms with Gasteiger partial charge in [0.2, 0.25) is 0 Å². The Hall–Kier alpha value is -2.38. The van der Waals surface area contributed by atoms with E-state index in [1.807, 2.05) is 6.92 Å². The average Bonchev–Trinajstić information content (AvgIpc) is 2.53. The lowest BCUT2D eigenvalue weighted by molar-refractivity contribution is 0.173. The van der Waals surface area contributed by atoms with Crippen LogP contribution in [0.1, 0.15) is 36.1 Å². The molecule has 0 aliphatic rings. The minimum atomic E-state index is -0.543. The van der Waals surface area contributed by atoms with Crippen LogP contribution in [-0.4, -0.2) is 5.11 Å². The third-order valence-electron chi connectivity index (χ3n) is 3.25. The average molecular weight is 285 g/mol. The first-order valence-corrected chi connectivity index (χ1v) is 6.74. The Labute approximate surface area is 123 Å². The van der Waals surface area contributed by atoms with Gasteiger partial charge in [0.15, 0.2) is 0 Å². The van der Waals surface area contributed by atoms with Crippen molar-refractivity contribution in [1.82, 2.24) is 0 Å². The number of nitrogens with zero attached hydrogens (tertiary/aromatic N) is 1. The number of aliphatic hydroxyl groups is 1. The number of aliphatic hydroxyl groups excluding tert-OH is 1.